The summed E-state index contributed by atoms with van der Waals surface area (Å²) < 4.78 is 42.4. The lowest BCUT2D eigenvalue weighted by Crippen LogP contribution is -2.66. The first-order chi connectivity index (χ1) is 22.8. The molecule has 6 atom stereocenters. The maximum atomic E-state index is 12.6. The average Bonchev–Trinajstić information content (AvgIpc) is 3.06. The molecule has 1 fully saturated rings. The van der Waals surface area contributed by atoms with Gasteiger partial charge in [0.15, 0.2) is 12.4 Å². The summed E-state index contributed by atoms with van der Waals surface area (Å²) in [5.41, 5.74) is 2.81. The number of benzene rings is 3. The second-order valence-corrected chi connectivity index (χ2v) is 11.2. The molecule has 0 radical (unpaired) electrons. The molecule has 1 saturated heterocycles. The molecular weight excluding hydrogens is 606 g/mol. The van der Waals surface area contributed by atoms with Gasteiger partial charge in [0.25, 0.3) is 0 Å². The summed E-state index contributed by atoms with van der Waals surface area (Å²) in [5, 5.41) is 2.94. The van der Waals surface area contributed by atoms with Crippen molar-refractivity contribution in [3.63, 3.8) is 0 Å². The summed E-state index contributed by atoms with van der Waals surface area (Å²) in [6.45, 7) is 4.40. The predicted molar refractivity (Wildman–Crippen MR) is 171 cm³/mol. The summed E-state index contributed by atoms with van der Waals surface area (Å²) >= 11 is 0. The topological polar surface area (TPSA) is 128 Å². The van der Waals surface area contributed by atoms with Crippen molar-refractivity contribution in [2.75, 3.05) is 19.8 Å². The van der Waals surface area contributed by atoms with E-state index in [1.807, 2.05) is 91.0 Å². The molecule has 47 heavy (non-hydrogen) atoms. The van der Waals surface area contributed by atoms with Crippen LogP contribution in [0.5, 0.6) is 0 Å². The van der Waals surface area contributed by atoms with Crippen LogP contribution in [0.3, 0.4) is 0 Å². The third kappa shape index (κ3) is 12.2. The molecule has 0 aromatic heterocycles. The van der Waals surface area contributed by atoms with Gasteiger partial charge in [-0.05, 0) is 16.7 Å². The number of rotatable bonds is 17. The van der Waals surface area contributed by atoms with Crippen molar-refractivity contribution in [2.45, 2.75) is 77.3 Å². The highest BCUT2D eigenvalue weighted by Crippen LogP contribution is 2.29. The largest absolute Gasteiger partial charge is 0.462 e. The number of hydrogen-bond donors (Lipinski definition) is 1. The van der Waals surface area contributed by atoms with Crippen LogP contribution in [-0.4, -0.2) is 74.4 Å². The molecule has 0 aliphatic carbocycles. The van der Waals surface area contributed by atoms with Crippen molar-refractivity contribution < 1.29 is 47.5 Å². The van der Waals surface area contributed by atoms with Gasteiger partial charge in [0.1, 0.15) is 31.0 Å². The van der Waals surface area contributed by atoms with E-state index in [9.17, 15) is 14.4 Å². The first-order valence-electron chi connectivity index (χ1n) is 15.6. The first-order valence-corrected chi connectivity index (χ1v) is 15.6. The molecule has 3 aromatic carbocycles. The molecule has 1 unspecified atom stereocenters. The first kappa shape index (κ1) is 35.7. The molecule has 1 aliphatic rings. The summed E-state index contributed by atoms with van der Waals surface area (Å²) in [5.74, 6) is -1.43. The second-order valence-electron chi connectivity index (χ2n) is 11.2. The summed E-state index contributed by atoms with van der Waals surface area (Å²) in [4.78, 5) is 36.0. The van der Waals surface area contributed by atoms with Crippen LogP contribution in [0.4, 0.5) is 0 Å². The maximum absolute atomic E-state index is 12.6. The van der Waals surface area contributed by atoms with Crippen LogP contribution in [0.25, 0.3) is 0 Å². The van der Waals surface area contributed by atoms with E-state index >= 15 is 0 Å². The number of esters is 2. The molecule has 3 aromatic rings. The van der Waals surface area contributed by atoms with Crippen molar-refractivity contribution in [3.8, 4) is 0 Å². The van der Waals surface area contributed by atoms with Crippen LogP contribution >= 0.6 is 0 Å². The van der Waals surface area contributed by atoms with Crippen LogP contribution in [0.15, 0.2) is 91.0 Å². The molecule has 0 spiro atoms. The Kier molecular flexibility index (Phi) is 14.3. The molecule has 0 saturated carbocycles. The molecule has 1 heterocycles. The van der Waals surface area contributed by atoms with Crippen molar-refractivity contribution in [1.29, 1.82) is 0 Å². The lowest BCUT2D eigenvalue weighted by molar-refractivity contribution is -0.294. The van der Waals surface area contributed by atoms with Gasteiger partial charge in [0.2, 0.25) is 5.91 Å². The number of carbonyl (C=O) groups is 3. The van der Waals surface area contributed by atoms with Gasteiger partial charge in [-0.1, -0.05) is 91.0 Å². The maximum Gasteiger partial charge on any atom is 0.303 e. The van der Waals surface area contributed by atoms with Gasteiger partial charge in [-0.2, -0.15) is 0 Å². The zero-order valence-corrected chi connectivity index (χ0v) is 26.9. The average molecular weight is 650 g/mol. The molecule has 1 amide bonds. The zero-order chi connectivity index (χ0) is 33.4. The molecule has 11 heteroatoms. The zero-order valence-electron chi connectivity index (χ0n) is 26.9. The van der Waals surface area contributed by atoms with Crippen LogP contribution in [0, 0.1) is 0 Å². The Morgan fingerprint density at radius 2 is 1.23 bits per heavy atom. The van der Waals surface area contributed by atoms with E-state index in [0.717, 1.165) is 16.7 Å². The van der Waals surface area contributed by atoms with E-state index in [2.05, 4.69) is 5.32 Å². The Morgan fingerprint density at radius 1 is 0.681 bits per heavy atom. The van der Waals surface area contributed by atoms with Gasteiger partial charge in [-0.25, -0.2) is 0 Å². The smallest absolute Gasteiger partial charge is 0.303 e. The van der Waals surface area contributed by atoms with E-state index in [-0.39, 0.29) is 38.9 Å². The van der Waals surface area contributed by atoms with Crippen LogP contribution in [0.1, 0.15) is 37.5 Å². The summed E-state index contributed by atoms with van der Waals surface area (Å²) in [6.07, 6.45) is -4.21. The minimum atomic E-state index is -0.966. The van der Waals surface area contributed by atoms with Crippen LogP contribution in [0.2, 0.25) is 0 Å². The fourth-order valence-corrected chi connectivity index (χ4v) is 5.13. The van der Waals surface area contributed by atoms with Crippen LogP contribution < -0.4 is 5.32 Å². The Balaban J connectivity index is 1.63. The molecule has 4 rings (SSSR count). The Morgan fingerprint density at radius 3 is 1.77 bits per heavy atom. The van der Waals surface area contributed by atoms with Gasteiger partial charge >= 0.3 is 11.9 Å². The lowest BCUT2D eigenvalue weighted by atomic mass is 9.95. The van der Waals surface area contributed by atoms with E-state index in [0.29, 0.717) is 6.61 Å². The van der Waals surface area contributed by atoms with Gasteiger partial charge in [-0.3, -0.25) is 14.4 Å². The minimum absolute atomic E-state index is 0.118. The highest BCUT2D eigenvalue weighted by molar-refractivity contribution is 5.73. The summed E-state index contributed by atoms with van der Waals surface area (Å²) in [7, 11) is 0. The van der Waals surface area contributed by atoms with Crippen LogP contribution in [-0.2, 0) is 67.4 Å². The quantitative estimate of drug-likeness (QED) is 0.214. The molecular formula is C36H43NO10. The van der Waals surface area contributed by atoms with Gasteiger partial charge in [0, 0.05) is 20.8 Å². The molecule has 11 nitrogen and oxygen atoms in total. The van der Waals surface area contributed by atoms with Gasteiger partial charge in [0.05, 0.1) is 33.0 Å². The number of amides is 1. The second kappa shape index (κ2) is 18.9. The molecule has 1 N–H and O–H groups in total. The lowest BCUT2D eigenvalue weighted by Gasteiger charge is -2.46. The number of nitrogens with one attached hydrogen (secondary N) is 1. The van der Waals surface area contributed by atoms with Gasteiger partial charge < -0.3 is 38.5 Å². The third-order valence-electron chi connectivity index (χ3n) is 7.23. The van der Waals surface area contributed by atoms with E-state index in [1.165, 1.54) is 20.8 Å². The fourth-order valence-electron chi connectivity index (χ4n) is 5.13. The molecule has 0 bridgehead atoms. The van der Waals surface area contributed by atoms with Crippen molar-refractivity contribution in [3.05, 3.63) is 108 Å². The highest BCUT2D eigenvalue weighted by Gasteiger charge is 2.49. The van der Waals surface area contributed by atoms with Crippen molar-refractivity contribution >= 4 is 17.8 Å². The predicted octanol–water partition coefficient (Wildman–Crippen LogP) is 4.12. The normalized spacial score (nSPS) is 21.4. The Labute approximate surface area is 275 Å². The van der Waals surface area contributed by atoms with E-state index in [4.69, 9.17) is 33.2 Å². The monoisotopic (exact) mass is 649 g/mol. The number of ether oxygens (including phenoxy) is 7. The minimum Gasteiger partial charge on any atom is -0.462 e. The molecule has 252 valence electrons. The van der Waals surface area contributed by atoms with E-state index in [1.54, 1.807) is 0 Å². The number of carbonyl (C=O) groups excluding carboxylic acids is 3. The fraction of sp³-hybridized carbons (Fsp3) is 0.417. The standard InChI is InChI=1S/C36H43NO10/c1-25(38)37-33-35(44-23-31(46-27(3)40)22-42-26(2)39)34(43-20-29-15-9-5-10-16-29)32(24-41-19-28-13-7-4-8-14-28)47-36(33)45-21-30-17-11-6-12-18-30/h4-18,31-36H,19-24H2,1-3H3,(H,37,38)/t31?,32-,33-,34-,35-,36+/m1/s1. The van der Waals surface area contributed by atoms with Crippen molar-refractivity contribution in [1.82, 2.24) is 5.32 Å². The Hall–Kier alpha value is -4.13. The Bertz CT molecular complexity index is 1370. The van der Waals surface area contributed by atoms with Gasteiger partial charge in [-0.15, -0.1) is 0 Å². The highest BCUT2D eigenvalue weighted by atomic mass is 16.7. The van der Waals surface area contributed by atoms with E-state index < -0.39 is 48.7 Å². The molecule has 1 aliphatic heterocycles. The van der Waals surface area contributed by atoms with Crippen molar-refractivity contribution in [2.24, 2.45) is 0 Å². The SMILES string of the molecule is CC(=O)N[C@H]1[C@@H](OCc2ccccc2)O[C@H](COCc2ccccc2)[C@@H](OCc2ccccc2)[C@@H]1OCC(COC(C)=O)OC(C)=O. The third-order valence-corrected chi connectivity index (χ3v) is 7.23. The summed E-state index contributed by atoms with van der Waals surface area (Å²) in [6, 6.07) is 28.1. The number of hydrogen-bond acceptors (Lipinski definition) is 10.